The third kappa shape index (κ3) is 4.00. The third-order valence-corrected chi connectivity index (χ3v) is 8.91. The van der Waals surface area contributed by atoms with Crippen molar-refractivity contribution in [1.82, 2.24) is 14.5 Å². The van der Waals surface area contributed by atoms with Crippen LogP contribution < -0.4 is 5.32 Å². The molecule has 0 radical (unpaired) electrons. The van der Waals surface area contributed by atoms with Crippen molar-refractivity contribution in [2.24, 2.45) is 0 Å². The van der Waals surface area contributed by atoms with Crippen LogP contribution in [0.1, 0.15) is 44.1 Å². The lowest BCUT2D eigenvalue weighted by Gasteiger charge is -2.39. The van der Waals surface area contributed by atoms with Crippen molar-refractivity contribution in [3.63, 3.8) is 0 Å². The molecule has 0 spiro atoms. The van der Waals surface area contributed by atoms with Crippen molar-refractivity contribution in [3.8, 4) is 0 Å². The van der Waals surface area contributed by atoms with Crippen molar-refractivity contribution in [3.05, 3.63) is 28.8 Å². The molecule has 3 saturated heterocycles. The number of urea groups is 1. The summed E-state index contributed by atoms with van der Waals surface area (Å²) in [5, 5.41) is 13.4. The van der Waals surface area contributed by atoms with Crippen molar-refractivity contribution in [1.29, 1.82) is 0 Å². The smallest absolute Gasteiger partial charge is 0.318 e. The summed E-state index contributed by atoms with van der Waals surface area (Å²) in [7, 11) is -3.67. The molecule has 0 saturated carbocycles. The summed E-state index contributed by atoms with van der Waals surface area (Å²) < 4.78 is 27.8. The van der Waals surface area contributed by atoms with Gasteiger partial charge in [0, 0.05) is 36.2 Å². The summed E-state index contributed by atoms with van der Waals surface area (Å²) >= 11 is 6.12. The molecule has 9 heteroatoms. The fourth-order valence-electron chi connectivity index (χ4n) is 5.01. The van der Waals surface area contributed by atoms with Crippen molar-refractivity contribution < 1.29 is 18.3 Å². The minimum absolute atomic E-state index is 0.0845. The molecule has 7 nitrogen and oxygen atoms in total. The molecular weight excluding hydrogens is 414 g/mol. The number of carbonyl (C=O) groups is 1. The molecule has 2 amide bonds. The first-order chi connectivity index (χ1) is 13.8. The van der Waals surface area contributed by atoms with Crippen LogP contribution in [0.3, 0.4) is 0 Å². The summed E-state index contributed by atoms with van der Waals surface area (Å²) in [6, 6.07) is 4.72. The molecule has 29 heavy (non-hydrogen) atoms. The van der Waals surface area contributed by atoms with E-state index in [2.05, 4.69) is 5.32 Å². The Morgan fingerprint density at radius 3 is 2.59 bits per heavy atom. The molecule has 4 rings (SSSR count). The van der Waals surface area contributed by atoms with Gasteiger partial charge in [-0.15, -0.1) is 0 Å². The van der Waals surface area contributed by atoms with E-state index < -0.39 is 10.0 Å². The zero-order valence-electron chi connectivity index (χ0n) is 16.6. The molecule has 0 aromatic heterocycles. The van der Waals surface area contributed by atoms with E-state index in [4.69, 9.17) is 11.6 Å². The van der Waals surface area contributed by atoms with Gasteiger partial charge in [-0.2, -0.15) is 4.31 Å². The Morgan fingerprint density at radius 1 is 1.21 bits per heavy atom. The lowest BCUT2D eigenvalue weighted by Crippen LogP contribution is -2.57. The number of hydrogen-bond donors (Lipinski definition) is 2. The summed E-state index contributed by atoms with van der Waals surface area (Å²) in [4.78, 5) is 15.0. The first-order valence-electron chi connectivity index (χ1n) is 10.3. The molecular formula is C20H28ClN3O4S. The number of hydrogen-bond acceptors (Lipinski definition) is 4. The largest absolute Gasteiger partial charge is 0.393 e. The lowest BCUT2D eigenvalue weighted by atomic mass is 10.0. The van der Waals surface area contributed by atoms with Crippen LogP contribution in [0.2, 0.25) is 5.02 Å². The Bertz CT molecular complexity index is 880. The fourth-order valence-corrected chi connectivity index (χ4v) is 7.02. The average Bonchev–Trinajstić information content (AvgIpc) is 2.95. The van der Waals surface area contributed by atoms with Crippen molar-refractivity contribution >= 4 is 27.7 Å². The van der Waals surface area contributed by atoms with Gasteiger partial charge in [0.2, 0.25) is 10.0 Å². The first-order valence-corrected chi connectivity index (χ1v) is 12.1. The van der Waals surface area contributed by atoms with Crippen molar-refractivity contribution in [2.45, 2.75) is 74.6 Å². The van der Waals surface area contributed by atoms with E-state index in [1.807, 2.05) is 4.90 Å². The van der Waals surface area contributed by atoms with Crippen LogP contribution in [0, 0.1) is 6.92 Å². The van der Waals surface area contributed by atoms with Gasteiger partial charge in [-0.1, -0.05) is 17.7 Å². The Morgan fingerprint density at radius 2 is 1.90 bits per heavy atom. The van der Waals surface area contributed by atoms with E-state index >= 15 is 0 Å². The Balaban J connectivity index is 1.45. The first kappa shape index (κ1) is 20.9. The molecule has 2 N–H and O–H groups in total. The van der Waals surface area contributed by atoms with E-state index in [0.29, 0.717) is 36.4 Å². The molecule has 2 unspecified atom stereocenters. The molecule has 1 aromatic carbocycles. The maximum atomic E-state index is 13.2. The Labute approximate surface area is 177 Å². The molecule has 3 heterocycles. The number of amides is 2. The summed E-state index contributed by atoms with van der Waals surface area (Å²) in [6.45, 7) is 2.40. The number of halogens is 1. The third-order valence-electron chi connectivity index (χ3n) is 6.49. The zero-order chi connectivity index (χ0) is 20.8. The number of piperidine rings is 2. The normalized spacial score (nSPS) is 30.4. The van der Waals surface area contributed by atoms with Gasteiger partial charge in [0.15, 0.2) is 0 Å². The summed E-state index contributed by atoms with van der Waals surface area (Å²) in [5.41, 5.74) is 0.545. The summed E-state index contributed by atoms with van der Waals surface area (Å²) in [6.07, 6.45) is 4.22. The van der Waals surface area contributed by atoms with Crippen LogP contribution in [0.4, 0.5) is 4.79 Å². The van der Waals surface area contributed by atoms with E-state index in [1.54, 1.807) is 25.1 Å². The Hall–Kier alpha value is -1.35. The highest BCUT2D eigenvalue weighted by molar-refractivity contribution is 7.89. The van der Waals surface area contributed by atoms with Gasteiger partial charge in [-0.05, 0) is 63.1 Å². The Kier molecular flexibility index (Phi) is 5.81. The molecule has 3 aliphatic heterocycles. The van der Waals surface area contributed by atoms with Gasteiger partial charge in [0.1, 0.15) is 0 Å². The van der Waals surface area contributed by atoms with Gasteiger partial charge in [0.25, 0.3) is 0 Å². The predicted octanol–water partition coefficient (Wildman–Crippen LogP) is 2.50. The maximum absolute atomic E-state index is 13.2. The SMILES string of the molecule is Cc1c(Cl)cccc1S(=O)(=O)N1CCC[C@H](NC(=O)N2C3CCC2CC(O)C3)C1. The minimum atomic E-state index is -3.67. The molecule has 160 valence electrons. The van der Waals surface area contributed by atoms with Crippen molar-refractivity contribution in [2.75, 3.05) is 13.1 Å². The quantitative estimate of drug-likeness (QED) is 0.754. The highest BCUT2D eigenvalue weighted by Crippen LogP contribution is 2.36. The average molecular weight is 442 g/mol. The minimum Gasteiger partial charge on any atom is -0.393 e. The number of fused-ring (bicyclic) bond motifs is 2. The van der Waals surface area contributed by atoms with Crippen LogP contribution in [0.25, 0.3) is 0 Å². The van der Waals surface area contributed by atoms with Gasteiger partial charge in [0.05, 0.1) is 11.0 Å². The van der Waals surface area contributed by atoms with Crippen LogP contribution in [-0.4, -0.2) is 66.1 Å². The van der Waals surface area contributed by atoms with Gasteiger partial charge in [-0.25, -0.2) is 13.2 Å². The highest BCUT2D eigenvalue weighted by Gasteiger charge is 2.43. The fraction of sp³-hybridized carbons (Fsp3) is 0.650. The zero-order valence-corrected chi connectivity index (χ0v) is 18.1. The second kappa shape index (κ2) is 8.06. The van der Waals surface area contributed by atoms with Crippen LogP contribution in [-0.2, 0) is 10.0 Å². The number of aliphatic hydroxyl groups excluding tert-OH is 1. The molecule has 3 aliphatic rings. The topological polar surface area (TPSA) is 90.0 Å². The number of benzene rings is 1. The highest BCUT2D eigenvalue weighted by atomic mass is 35.5. The van der Waals surface area contributed by atoms with Crippen LogP contribution in [0.15, 0.2) is 23.1 Å². The lowest BCUT2D eigenvalue weighted by molar-refractivity contribution is 0.0528. The number of carbonyl (C=O) groups excluding carboxylic acids is 1. The second-order valence-corrected chi connectivity index (χ2v) is 10.7. The standard InChI is InChI=1S/C20H28ClN3O4S/c1-13-18(21)5-2-6-19(13)29(27,28)23-9-3-4-14(12-23)22-20(26)24-15-7-8-16(24)11-17(25)10-15/h2,5-6,14-17,25H,3-4,7-12H2,1H3,(H,22,26)/t14-,15?,16?,17?/m0/s1. The molecule has 2 bridgehead atoms. The van der Waals surface area contributed by atoms with Crippen LogP contribution >= 0.6 is 11.6 Å². The second-order valence-electron chi connectivity index (χ2n) is 8.43. The maximum Gasteiger partial charge on any atom is 0.318 e. The molecule has 3 atom stereocenters. The molecule has 3 fully saturated rings. The van der Waals surface area contributed by atoms with E-state index in [-0.39, 0.29) is 41.7 Å². The van der Waals surface area contributed by atoms with Gasteiger partial charge < -0.3 is 15.3 Å². The van der Waals surface area contributed by atoms with Gasteiger partial charge >= 0.3 is 6.03 Å². The van der Waals surface area contributed by atoms with E-state index in [9.17, 15) is 18.3 Å². The number of sulfonamides is 1. The van der Waals surface area contributed by atoms with E-state index in [1.165, 1.54) is 4.31 Å². The number of nitrogens with one attached hydrogen (secondary N) is 1. The van der Waals surface area contributed by atoms with Gasteiger partial charge in [-0.3, -0.25) is 0 Å². The van der Waals surface area contributed by atoms with Crippen LogP contribution in [0.5, 0.6) is 0 Å². The van der Waals surface area contributed by atoms with E-state index in [0.717, 1.165) is 19.3 Å². The number of rotatable bonds is 3. The monoisotopic (exact) mass is 441 g/mol. The number of aliphatic hydroxyl groups is 1. The molecule has 1 aromatic rings. The summed E-state index contributed by atoms with van der Waals surface area (Å²) in [5.74, 6) is 0. The molecule has 0 aliphatic carbocycles. The predicted molar refractivity (Wildman–Crippen MR) is 110 cm³/mol. The number of nitrogens with zero attached hydrogens (tertiary/aromatic N) is 2.